The van der Waals surface area contributed by atoms with Crippen molar-refractivity contribution in [2.24, 2.45) is 0 Å². The Labute approximate surface area is 139 Å². The van der Waals surface area contributed by atoms with Crippen molar-refractivity contribution in [1.29, 1.82) is 0 Å². The molecular formula is C16H16N2O5S. The van der Waals surface area contributed by atoms with Gasteiger partial charge in [0.2, 0.25) is 0 Å². The van der Waals surface area contributed by atoms with E-state index >= 15 is 0 Å². The third-order valence-corrected chi connectivity index (χ3v) is 4.50. The van der Waals surface area contributed by atoms with Gasteiger partial charge in [-0.2, -0.15) is 0 Å². The van der Waals surface area contributed by atoms with Crippen LogP contribution in [0.5, 0.6) is 0 Å². The Kier molecular flexibility index (Phi) is 5.32. The number of sulfonamides is 1. The predicted molar refractivity (Wildman–Crippen MR) is 86.7 cm³/mol. The molecule has 126 valence electrons. The Hall–Kier alpha value is -2.71. The van der Waals surface area contributed by atoms with Gasteiger partial charge in [0.15, 0.2) is 0 Å². The van der Waals surface area contributed by atoms with Crippen LogP contribution in [0, 0.1) is 6.92 Å². The SMILES string of the molecule is COC(=O)c1ccccc1S(=O)(=O)NNC(=O)c1ccc(C)cc1. The van der Waals surface area contributed by atoms with Gasteiger partial charge in [0.05, 0.1) is 17.6 Å². The van der Waals surface area contributed by atoms with Gasteiger partial charge in [-0.25, -0.2) is 13.2 Å². The van der Waals surface area contributed by atoms with Crippen molar-refractivity contribution in [2.75, 3.05) is 7.11 Å². The fourth-order valence-electron chi connectivity index (χ4n) is 1.93. The van der Waals surface area contributed by atoms with Crippen molar-refractivity contribution >= 4 is 21.9 Å². The summed E-state index contributed by atoms with van der Waals surface area (Å²) in [6.07, 6.45) is 0. The first-order valence-electron chi connectivity index (χ1n) is 6.91. The topological polar surface area (TPSA) is 102 Å². The normalized spacial score (nSPS) is 10.9. The molecule has 0 heterocycles. The van der Waals surface area contributed by atoms with Crippen molar-refractivity contribution in [1.82, 2.24) is 10.3 Å². The molecule has 24 heavy (non-hydrogen) atoms. The summed E-state index contributed by atoms with van der Waals surface area (Å²) >= 11 is 0. The molecular weight excluding hydrogens is 332 g/mol. The highest BCUT2D eigenvalue weighted by molar-refractivity contribution is 7.89. The van der Waals surface area contributed by atoms with Gasteiger partial charge >= 0.3 is 5.97 Å². The molecule has 2 N–H and O–H groups in total. The number of amides is 1. The molecule has 2 rings (SSSR count). The van der Waals surface area contributed by atoms with E-state index in [1.54, 1.807) is 24.3 Å². The van der Waals surface area contributed by atoms with Gasteiger partial charge in [0.25, 0.3) is 15.9 Å². The van der Waals surface area contributed by atoms with Gasteiger partial charge in [-0.3, -0.25) is 10.2 Å². The first kappa shape index (κ1) is 17.6. The second kappa shape index (κ2) is 7.24. The van der Waals surface area contributed by atoms with Crippen molar-refractivity contribution in [3.8, 4) is 0 Å². The molecule has 1 amide bonds. The van der Waals surface area contributed by atoms with E-state index in [2.05, 4.69) is 10.2 Å². The van der Waals surface area contributed by atoms with Crippen molar-refractivity contribution in [3.05, 3.63) is 65.2 Å². The van der Waals surface area contributed by atoms with Gasteiger partial charge in [0, 0.05) is 5.56 Å². The number of methoxy groups -OCH3 is 1. The van der Waals surface area contributed by atoms with E-state index in [0.29, 0.717) is 5.56 Å². The van der Waals surface area contributed by atoms with E-state index in [1.165, 1.54) is 24.3 Å². The van der Waals surface area contributed by atoms with Gasteiger partial charge in [0.1, 0.15) is 0 Å². The summed E-state index contributed by atoms with van der Waals surface area (Å²) in [6, 6.07) is 12.1. The van der Waals surface area contributed by atoms with Crippen molar-refractivity contribution in [3.63, 3.8) is 0 Å². The average Bonchev–Trinajstić information content (AvgIpc) is 2.59. The molecule has 0 saturated carbocycles. The van der Waals surface area contributed by atoms with E-state index in [1.807, 2.05) is 11.8 Å². The van der Waals surface area contributed by atoms with E-state index in [4.69, 9.17) is 0 Å². The van der Waals surface area contributed by atoms with Crippen LogP contribution in [0.4, 0.5) is 0 Å². The zero-order chi connectivity index (χ0) is 17.7. The standard InChI is InChI=1S/C16H16N2O5S/c1-11-7-9-12(10-8-11)15(19)17-18-24(21,22)14-6-4-3-5-13(14)16(20)23-2/h3-10,18H,1-2H3,(H,17,19). The number of rotatable bonds is 5. The molecule has 2 aromatic carbocycles. The lowest BCUT2D eigenvalue weighted by molar-refractivity contribution is 0.0596. The number of hydrogen-bond donors (Lipinski definition) is 2. The molecule has 0 aliphatic rings. The fourth-order valence-corrected chi connectivity index (χ4v) is 2.96. The second-order valence-corrected chi connectivity index (χ2v) is 6.56. The number of carbonyl (C=O) groups is 2. The van der Waals surface area contributed by atoms with Crippen molar-refractivity contribution in [2.45, 2.75) is 11.8 Å². The monoisotopic (exact) mass is 348 g/mol. The molecule has 0 aliphatic heterocycles. The van der Waals surface area contributed by atoms with Crippen LogP contribution in [0.1, 0.15) is 26.3 Å². The van der Waals surface area contributed by atoms with Crippen LogP contribution < -0.4 is 10.3 Å². The van der Waals surface area contributed by atoms with Crippen LogP contribution in [-0.4, -0.2) is 27.4 Å². The molecule has 0 bridgehead atoms. The Morgan fingerprint density at radius 2 is 1.62 bits per heavy atom. The van der Waals surface area contributed by atoms with Crippen LogP contribution in [0.2, 0.25) is 0 Å². The van der Waals surface area contributed by atoms with Crippen LogP contribution in [0.15, 0.2) is 53.4 Å². The lowest BCUT2D eigenvalue weighted by Gasteiger charge is -2.11. The summed E-state index contributed by atoms with van der Waals surface area (Å²) in [5, 5.41) is 0. The summed E-state index contributed by atoms with van der Waals surface area (Å²) in [7, 11) is -2.99. The molecule has 0 radical (unpaired) electrons. The quantitative estimate of drug-likeness (QED) is 0.628. The third-order valence-electron chi connectivity index (χ3n) is 3.19. The number of benzene rings is 2. The summed E-state index contributed by atoms with van der Waals surface area (Å²) in [4.78, 5) is 25.3. The number of aryl methyl sites for hydroxylation is 1. The van der Waals surface area contributed by atoms with Crippen LogP contribution in [-0.2, 0) is 14.8 Å². The van der Waals surface area contributed by atoms with Crippen LogP contribution >= 0.6 is 0 Å². The molecule has 8 heteroatoms. The number of ether oxygens (including phenoxy) is 1. The summed E-state index contributed by atoms with van der Waals surface area (Å²) in [6.45, 7) is 1.87. The minimum atomic E-state index is -4.14. The zero-order valence-electron chi connectivity index (χ0n) is 13.1. The summed E-state index contributed by atoms with van der Waals surface area (Å²) in [5.74, 6) is -1.41. The first-order chi connectivity index (χ1) is 11.3. The Morgan fingerprint density at radius 3 is 2.25 bits per heavy atom. The largest absolute Gasteiger partial charge is 0.465 e. The smallest absolute Gasteiger partial charge is 0.339 e. The molecule has 0 spiro atoms. The van der Waals surface area contributed by atoms with E-state index in [0.717, 1.165) is 12.7 Å². The molecule has 0 unspecified atom stereocenters. The Balaban J connectivity index is 2.19. The van der Waals surface area contributed by atoms with Crippen LogP contribution in [0.25, 0.3) is 0 Å². The number of nitrogens with one attached hydrogen (secondary N) is 2. The van der Waals surface area contributed by atoms with Crippen LogP contribution in [0.3, 0.4) is 0 Å². The number of hydrogen-bond acceptors (Lipinski definition) is 5. The highest BCUT2D eigenvalue weighted by Gasteiger charge is 2.23. The fraction of sp³-hybridized carbons (Fsp3) is 0.125. The molecule has 7 nitrogen and oxygen atoms in total. The maximum Gasteiger partial charge on any atom is 0.339 e. The number of hydrazine groups is 1. The molecule has 0 saturated heterocycles. The minimum Gasteiger partial charge on any atom is -0.465 e. The molecule has 0 aromatic heterocycles. The number of carbonyl (C=O) groups excluding carboxylic acids is 2. The molecule has 0 fully saturated rings. The summed E-state index contributed by atoms with van der Waals surface area (Å²) < 4.78 is 29.2. The maximum absolute atomic E-state index is 12.3. The van der Waals surface area contributed by atoms with Gasteiger partial charge in [-0.05, 0) is 31.2 Å². The van der Waals surface area contributed by atoms with Gasteiger partial charge in [-0.15, -0.1) is 4.83 Å². The minimum absolute atomic E-state index is 0.128. The lowest BCUT2D eigenvalue weighted by atomic mass is 10.1. The maximum atomic E-state index is 12.3. The highest BCUT2D eigenvalue weighted by atomic mass is 32.2. The van der Waals surface area contributed by atoms with E-state index < -0.39 is 21.9 Å². The summed E-state index contributed by atoms with van der Waals surface area (Å²) in [5.41, 5.74) is 3.25. The van der Waals surface area contributed by atoms with E-state index in [9.17, 15) is 18.0 Å². The predicted octanol–water partition coefficient (Wildman–Crippen LogP) is 1.40. The average molecular weight is 348 g/mol. The van der Waals surface area contributed by atoms with Gasteiger partial charge in [-0.1, -0.05) is 29.8 Å². The highest BCUT2D eigenvalue weighted by Crippen LogP contribution is 2.15. The van der Waals surface area contributed by atoms with Gasteiger partial charge < -0.3 is 4.74 Å². The lowest BCUT2D eigenvalue weighted by Crippen LogP contribution is -2.42. The Bertz CT molecular complexity index is 860. The first-order valence-corrected chi connectivity index (χ1v) is 8.39. The Morgan fingerprint density at radius 1 is 1.00 bits per heavy atom. The molecule has 0 aliphatic carbocycles. The molecule has 2 aromatic rings. The van der Waals surface area contributed by atoms with Crippen molar-refractivity contribution < 1.29 is 22.7 Å². The zero-order valence-corrected chi connectivity index (χ0v) is 13.9. The number of esters is 1. The third kappa shape index (κ3) is 3.98. The second-order valence-electron chi connectivity index (χ2n) is 4.91. The van der Waals surface area contributed by atoms with E-state index in [-0.39, 0.29) is 10.5 Å². The molecule has 0 atom stereocenters.